The molecule has 2 aromatic heterocycles. The van der Waals surface area contributed by atoms with E-state index in [0.717, 1.165) is 16.9 Å². The molecule has 5 nitrogen and oxygen atoms in total. The monoisotopic (exact) mass is 386 g/mol. The number of pyridine rings is 1. The summed E-state index contributed by atoms with van der Waals surface area (Å²) in [6.45, 7) is 6.39. The molecule has 27 heavy (non-hydrogen) atoms. The van der Waals surface area contributed by atoms with E-state index in [1.807, 2.05) is 12.1 Å². The van der Waals surface area contributed by atoms with Crippen molar-refractivity contribution in [3.05, 3.63) is 48.4 Å². The highest BCUT2D eigenvalue weighted by Crippen LogP contribution is 2.32. The van der Waals surface area contributed by atoms with Crippen LogP contribution in [0, 0.1) is 11.7 Å². The van der Waals surface area contributed by atoms with Gasteiger partial charge in [-0.3, -0.25) is 4.21 Å². The molecule has 0 aliphatic rings. The van der Waals surface area contributed by atoms with Crippen molar-refractivity contribution in [2.45, 2.75) is 32.0 Å². The molecular formula is C20H23FN4OS. The van der Waals surface area contributed by atoms with E-state index in [-0.39, 0.29) is 11.9 Å². The predicted octanol–water partition coefficient (Wildman–Crippen LogP) is 4.47. The second-order valence-electron chi connectivity index (χ2n) is 6.83. The summed E-state index contributed by atoms with van der Waals surface area (Å²) in [6.07, 6.45) is 3.29. The number of imidazole rings is 1. The van der Waals surface area contributed by atoms with Gasteiger partial charge in [0.25, 0.3) is 0 Å². The summed E-state index contributed by atoms with van der Waals surface area (Å²) in [4.78, 5) is 12.0. The second-order valence-corrected chi connectivity index (χ2v) is 8.13. The summed E-state index contributed by atoms with van der Waals surface area (Å²) in [5.74, 6) is 0.905. The smallest absolute Gasteiger partial charge is 0.197 e. The maximum Gasteiger partial charge on any atom is 0.197 e. The molecule has 0 fully saturated rings. The van der Waals surface area contributed by atoms with Crippen LogP contribution in [0.25, 0.3) is 22.5 Å². The zero-order valence-corrected chi connectivity index (χ0v) is 16.6. The molecule has 1 aromatic carbocycles. The molecule has 0 saturated heterocycles. The van der Waals surface area contributed by atoms with E-state index < -0.39 is 10.8 Å². The molecule has 0 bridgehead atoms. The maximum atomic E-state index is 13.3. The Morgan fingerprint density at radius 1 is 1.11 bits per heavy atom. The van der Waals surface area contributed by atoms with Gasteiger partial charge in [0.05, 0.1) is 22.2 Å². The van der Waals surface area contributed by atoms with Gasteiger partial charge in [0.15, 0.2) is 5.16 Å². The van der Waals surface area contributed by atoms with Gasteiger partial charge in [0.2, 0.25) is 0 Å². The van der Waals surface area contributed by atoms with E-state index in [9.17, 15) is 8.60 Å². The number of aromatic nitrogens is 3. The molecule has 0 amide bonds. The first-order valence-electron chi connectivity index (χ1n) is 8.77. The summed E-state index contributed by atoms with van der Waals surface area (Å²) >= 11 is 0. The zero-order chi connectivity index (χ0) is 19.6. The highest BCUT2D eigenvalue weighted by molar-refractivity contribution is 7.84. The molecule has 2 atom stereocenters. The summed E-state index contributed by atoms with van der Waals surface area (Å²) in [6, 6.07) is 10.2. The molecule has 3 aromatic rings. The van der Waals surface area contributed by atoms with Crippen LogP contribution in [-0.2, 0) is 10.8 Å². The highest BCUT2D eigenvalue weighted by Gasteiger charge is 2.17. The molecular weight excluding hydrogens is 363 g/mol. The lowest BCUT2D eigenvalue weighted by atomic mass is 10.0. The maximum absolute atomic E-state index is 13.3. The van der Waals surface area contributed by atoms with Gasteiger partial charge >= 0.3 is 0 Å². The van der Waals surface area contributed by atoms with E-state index in [1.165, 1.54) is 12.1 Å². The van der Waals surface area contributed by atoms with Crippen molar-refractivity contribution in [3.8, 4) is 22.5 Å². The van der Waals surface area contributed by atoms with Crippen LogP contribution < -0.4 is 5.32 Å². The van der Waals surface area contributed by atoms with E-state index >= 15 is 0 Å². The van der Waals surface area contributed by atoms with Crippen LogP contribution in [0.1, 0.15) is 20.8 Å². The van der Waals surface area contributed by atoms with E-state index in [1.54, 1.807) is 24.6 Å². The third kappa shape index (κ3) is 4.42. The van der Waals surface area contributed by atoms with Crippen molar-refractivity contribution >= 4 is 16.6 Å². The molecule has 0 spiro atoms. The standard InChI is InChI=1S/C20H23FN4OS/c1-12(2)13(3)23-17-11-15(9-10-22-17)19-18(24-20(25-19)27(4)26)14-5-7-16(21)8-6-14/h5-13H,1-4H3,(H,22,23)(H,24,25)/t13-,27+/m0/s1. The molecule has 0 unspecified atom stereocenters. The molecule has 142 valence electrons. The van der Waals surface area contributed by atoms with Crippen molar-refractivity contribution < 1.29 is 8.60 Å². The average Bonchev–Trinajstić information content (AvgIpc) is 3.08. The minimum absolute atomic E-state index is 0.266. The molecule has 7 heteroatoms. The van der Waals surface area contributed by atoms with Crippen molar-refractivity contribution in [2.75, 3.05) is 11.6 Å². The van der Waals surface area contributed by atoms with Crippen LogP contribution >= 0.6 is 0 Å². The topological polar surface area (TPSA) is 70.7 Å². The molecule has 3 rings (SSSR count). The van der Waals surface area contributed by atoms with Gasteiger partial charge in [-0.05, 0) is 49.2 Å². The normalized spacial score (nSPS) is 13.6. The fraction of sp³-hybridized carbons (Fsp3) is 0.300. The lowest BCUT2D eigenvalue weighted by molar-refractivity contribution is 0.558. The Morgan fingerprint density at radius 2 is 1.81 bits per heavy atom. The van der Waals surface area contributed by atoms with Gasteiger partial charge in [-0.25, -0.2) is 14.4 Å². The van der Waals surface area contributed by atoms with Crippen LogP contribution in [0.3, 0.4) is 0 Å². The third-order valence-corrected chi connectivity index (χ3v) is 5.23. The minimum Gasteiger partial charge on any atom is -0.367 e. The lowest BCUT2D eigenvalue weighted by Gasteiger charge is -2.18. The van der Waals surface area contributed by atoms with Gasteiger partial charge in [0, 0.05) is 29.6 Å². The Hall–Kier alpha value is -2.54. The Morgan fingerprint density at radius 3 is 2.44 bits per heavy atom. The first-order chi connectivity index (χ1) is 12.8. The third-order valence-electron chi connectivity index (χ3n) is 4.50. The van der Waals surface area contributed by atoms with Crippen LogP contribution in [0.15, 0.2) is 47.8 Å². The zero-order valence-electron chi connectivity index (χ0n) is 15.8. The largest absolute Gasteiger partial charge is 0.367 e. The lowest BCUT2D eigenvalue weighted by Crippen LogP contribution is -2.22. The Kier molecular flexibility index (Phi) is 5.70. The predicted molar refractivity (Wildman–Crippen MR) is 107 cm³/mol. The van der Waals surface area contributed by atoms with Gasteiger partial charge in [0.1, 0.15) is 11.6 Å². The quantitative estimate of drug-likeness (QED) is 0.656. The van der Waals surface area contributed by atoms with Gasteiger partial charge < -0.3 is 10.3 Å². The number of nitrogens with zero attached hydrogens (tertiary/aromatic N) is 2. The number of hydrogen-bond acceptors (Lipinski definition) is 4. The summed E-state index contributed by atoms with van der Waals surface area (Å²) in [5, 5.41) is 3.77. The Balaban J connectivity index is 2.05. The van der Waals surface area contributed by atoms with Crippen molar-refractivity contribution in [3.63, 3.8) is 0 Å². The number of H-pyrrole nitrogens is 1. The Labute approximate surface area is 160 Å². The van der Waals surface area contributed by atoms with Crippen molar-refractivity contribution in [1.82, 2.24) is 15.0 Å². The number of hydrogen-bond donors (Lipinski definition) is 2. The number of rotatable bonds is 6. The van der Waals surface area contributed by atoms with Gasteiger partial charge in [-0.2, -0.15) is 0 Å². The summed E-state index contributed by atoms with van der Waals surface area (Å²) < 4.78 is 25.3. The molecule has 0 aliphatic carbocycles. The van der Waals surface area contributed by atoms with Gasteiger partial charge in [-0.15, -0.1) is 0 Å². The Bertz CT molecular complexity index is 953. The van der Waals surface area contributed by atoms with Crippen LogP contribution in [-0.4, -0.2) is 31.5 Å². The molecule has 0 radical (unpaired) electrons. The molecule has 2 heterocycles. The number of aromatic amines is 1. The van der Waals surface area contributed by atoms with Gasteiger partial charge in [-0.1, -0.05) is 13.8 Å². The highest BCUT2D eigenvalue weighted by atomic mass is 32.2. The number of benzene rings is 1. The summed E-state index contributed by atoms with van der Waals surface area (Å²) in [5.41, 5.74) is 2.98. The van der Waals surface area contributed by atoms with E-state index in [2.05, 4.69) is 41.0 Å². The minimum atomic E-state index is -1.26. The van der Waals surface area contributed by atoms with Crippen LogP contribution in [0.5, 0.6) is 0 Å². The number of anilines is 1. The summed E-state index contributed by atoms with van der Waals surface area (Å²) in [7, 11) is -1.26. The van der Waals surface area contributed by atoms with Crippen molar-refractivity contribution in [2.24, 2.45) is 5.92 Å². The fourth-order valence-electron chi connectivity index (χ4n) is 2.58. The first-order valence-corrected chi connectivity index (χ1v) is 10.3. The SMILES string of the molecule is CC(C)[C@H](C)Nc1cc(-c2nc([S@@](C)=O)[nH]c2-c2ccc(F)cc2)ccn1. The first kappa shape index (κ1) is 19.2. The molecule has 0 saturated carbocycles. The molecule has 2 N–H and O–H groups in total. The van der Waals surface area contributed by atoms with Crippen molar-refractivity contribution in [1.29, 1.82) is 0 Å². The van der Waals surface area contributed by atoms with E-state index in [4.69, 9.17) is 0 Å². The molecule has 0 aliphatic heterocycles. The average molecular weight is 386 g/mol. The van der Waals surface area contributed by atoms with E-state index in [0.29, 0.717) is 22.5 Å². The number of nitrogens with one attached hydrogen (secondary N) is 2. The second kappa shape index (κ2) is 8.00. The number of halogens is 1. The van der Waals surface area contributed by atoms with Crippen LogP contribution in [0.2, 0.25) is 0 Å². The van der Waals surface area contributed by atoms with Crippen LogP contribution in [0.4, 0.5) is 10.2 Å². The fourth-order valence-corrected chi connectivity index (χ4v) is 3.04.